The fraction of sp³-hybridized carbons (Fsp3) is 0.462. The Bertz CT molecular complexity index is 320. The van der Waals surface area contributed by atoms with Crippen molar-refractivity contribution in [3.63, 3.8) is 0 Å². The molecule has 0 spiro atoms. The Morgan fingerprint density at radius 1 is 1.27 bits per heavy atom. The van der Waals surface area contributed by atoms with Crippen molar-refractivity contribution in [3.8, 4) is 0 Å². The second-order valence-electron chi connectivity index (χ2n) is 4.33. The summed E-state index contributed by atoms with van der Waals surface area (Å²) >= 11 is 0. The van der Waals surface area contributed by atoms with Crippen molar-refractivity contribution in [1.29, 1.82) is 0 Å². The minimum atomic E-state index is 0.158. The zero-order chi connectivity index (χ0) is 11.0. The molecule has 0 radical (unpaired) electrons. The van der Waals surface area contributed by atoms with Crippen molar-refractivity contribution in [3.05, 3.63) is 38.0 Å². The molecular weight excluding hydrogens is 186 g/mol. The molecule has 2 fully saturated rings. The number of carbonyl (C=O) groups is 1. The highest BCUT2D eigenvalue weighted by Gasteiger charge is 2.57. The van der Waals surface area contributed by atoms with Crippen molar-refractivity contribution in [2.24, 2.45) is 17.8 Å². The average molecular weight is 203 g/mol. The van der Waals surface area contributed by atoms with Gasteiger partial charge in [-0.15, -0.1) is 19.7 Å². The average Bonchev–Trinajstić information content (AvgIpc) is 2.60. The number of carbonyl (C=O) groups excluding carboxylic acids is 1. The first-order valence-electron chi connectivity index (χ1n) is 5.41. The van der Waals surface area contributed by atoms with E-state index in [2.05, 4.69) is 19.7 Å². The highest BCUT2D eigenvalue weighted by atomic mass is 16.2. The van der Waals surface area contributed by atoms with Crippen molar-refractivity contribution in [2.75, 3.05) is 6.54 Å². The van der Waals surface area contributed by atoms with Gasteiger partial charge in [-0.3, -0.25) is 4.79 Å². The van der Waals surface area contributed by atoms with E-state index in [1.54, 1.807) is 6.08 Å². The number of allylic oxidation sites excluding steroid dienone is 1. The summed E-state index contributed by atoms with van der Waals surface area (Å²) in [6.45, 7) is 12.0. The van der Waals surface area contributed by atoms with E-state index in [9.17, 15) is 4.79 Å². The van der Waals surface area contributed by atoms with Crippen LogP contribution in [-0.4, -0.2) is 23.4 Å². The number of hydrogen-bond donors (Lipinski definition) is 0. The number of likely N-dealkylation sites (tertiary alicyclic amines) is 1. The molecule has 0 aromatic rings. The lowest BCUT2D eigenvalue weighted by molar-refractivity contribution is -0.155. The van der Waals surface area contributed by atoms with Gasteiger partial charge in [0, 0.05) is 6.54 Å². The second-order valence-corrected chi connectivity index (χ2v) is 4.33. The van der Waals surface area contributed by atoms with Gasteiger partial charge in [0.15, 0.2) is 0 Å². The topological polar surface area (TPSA) is 20.3 Å². The predicted octanol–water partition coefficient (Wildman–Crippen LogP) is 2.01. The molecule has 2 heteroatoms. The quantitative estimate of drug-likeness (QED) is 0.505. The molecule has 1 aliphatic heterocycles. The Kier molecular flexibility index (Phi) is 2.51. The molecule has 1 saturated heterocycles. The van der Waals surface area contributed by atoms with Gasteiger partial charge in [0.2, 0.25) is 5.91 Å². The van der Waals surface area contributed by atoms with Crippen LogP contribution in [0.4, 0.5) is 0 Å². The number of nitrogens with zero attached hydrogens (tertiary/aromatic N) is 1. The molecule has 15 heavy (non-hydrogen) atoms. The summed E-state index contributed by atoms with van der Waals surface area (Å²) < 4.78 is 0. The van der Waals surface area contributed by atoms with E-state index < -0.39 is 0 Å². The van der Waals surface area contributed by atoms with Gasteiger partial charge < -0.3 is 4.90 Å². The maximum Gasteiger partial charge on any atom is 0.228 e. The minimum absolute atomic E-state index is 0.158. The molecule has 2 nitrogen and oxygen atoms in total. The molecule has 2 aliphatic rings. The fourth-order valence-electron chi connectivity index (χ4n) is 2.96. The van der Waals surface area contributed by atoms with Crippen molar-refractivity contribution >= 4 is 5.91 Å². The number of fused-ring (bicyclic) bond motifs is 1. The number of β-lactam (4-membered cyclic amide) rings is 1. The van der Waals surface area contributed by atoms with Crippen molar-refractivity contribution < 1.29 is 4.79 Å². The summed E-state index contributed by atoms with van der Waals surface area (Å²) in [5.41, 5.74) is 0. The van der Waals surface area contributed by atoms with E-state index in [0.717, 1.165) is 6.42 Å². The number of rotatable bonds is 4. The summed E-state index contributed by atoms with van der Waals surface area (Å²) in [5.74, 6) is 1.18. The summed E-state index contributed by atoms with van der Waals surface area (Å²) in [6, 6.07) is 0.344. The van der Waals surface area contributed by atoms with Crippen LogP contribution < -0.4 is 0 Å². The van der Waals surface area contributed by atoms with Crippen LogP contribution in [-0.2, 0) is 4.79 Å². The standard InChI is InChI=1S/C13H17NO/c1-4-7-14-12-10(6-3)8-9(5-2)11(12)13(14)15/h4-6,9-12H,1-3,7-8H2/t9-,10+,11+,12-/m1/s1. The van der Waals surface area contributed by atoms with Gasteiger partial charge in [-0.05, 0) is 18.3 Å². The van der Waals surface area contributed by atoms with Crippen LogP contribution in [0.1, 0.15) is 6.42 Å². The van der Waals surface area contributed by atoms with E-state index in [1.165, 1.54) is 0 Å². The van der Waals surface area contributed by atoms with Crippen LogP contribution in [0.15, 0.2) is 38.0 Å². The molecule has 0 bridgehead atoms. The number of hydrogen-bond acceptors (Lipinski definition) is 1. The van der Waals surface area contributed by atoms with E-state index >= 15 is 0 Å². The Hall–Kier alpha value is -1.31. The number of amides is 1. The Balaban J connectivity index is 2.19. The van der Waals surface area contributed by atoms with Crippen molar-refractivity contribution in [2.45, 2.75) is 12.5 Å². The first-order chi connectivity index (χ1) is 7.24. The smallest absolute Gasteiger partial charge is 0.228 e. The molecule has 2 rings (SSSR count). The Morgan fingerprint density at radius 2 is 1.93 bits per heavy atom. The van der Waals surface area contributed by atoms with Gasteiger partial charge >= 0.3 is 0 Å². The van der Waals surface area contributed by atoms with Gasteiger partial charge in [0.1, 0.15) is 0 Å². The van der Waals surface area contributed by atoms with Crippen LogP contribution in [0.3, 0.4) is 0 Å². The highest BCUT2D eigenvalue weighted by Crippen LogP contribution is 2.48. The molecule has 1 heterocycles. The van der Waals surface area contributed by atoms with Gasteiger partial charge in [0.05, 0.1) is 12.0 Å². The monoisotopic (exact) mass is 203 g/mol. The molecule has 1 aliphatic carbocycles. The fourth-order valence-corrected chi connectivity index (χ4v) is 2.96. The highest BCUT2D eigenvalue weighted by molar-refractivity contribution is 5.87. The van der Waals surface area contributed by atoms with E-state index in [0.29, 0.717) is 24.4 Å². The zero-order valence-electron chi connectivity index (χ0n) is 8.93. The van der Waals surface area contributed by atoms with Crippen LogP contribution >= 0.6 is 0 Å². The summed E-state index contributed by atoms with van der Waals surface area (Å²) in [5, 5.41) is 0. The maximum atomic E-state index is 11.9. The third-order valence-corrected chi connectivity index (χ3v) is 3.67. The molecule has 0 unspecified atom stereocenters. The first-order valence-corrected chi connectivity index (χ1v) is 5.41. The minimum Gasteiger partial charge on any atom is -0.334 e. The van der Waals surface area contributed by atoms with Gasteiger partial charge in [-0.1, -0.05) is 18.2 Å². The van der Waals surface area contributed by atoms with E-state index in [4.69, 9.17) is 0 Å². The molecular formula is C13H17NO. The van der Waals surface area contributed by atoms with Crippen LogP contribution in [0, 0.1) is 17.8 Å². The van der Waals surface area contributed by atoms with Crippen LogP contribution in [0.25, 0.3) is 0 Å². The summed E-state index contributed by atoms with van der Waals surface area (Å²) in [7, 11) is 0. The third-order valence-electron chi connectivity index (χ3n) is 3.67. The van der Waals surface area contributed by atoms with Crippen LogP contribution in [0.2, 0.25) is 0 Å². The Morgan fingerprint density at radius 3 is 2.47 bits per heavy atom. The normalized spacial score (nSPS) is 38.1. The van der Waals surface area contributed by atoms with Gasteiger partial charge in [0.25, 0.3) is 0 Å². The Labute approximate surface area is 91.0 Å². The third kappa shape index (κ3) is 1.28. The van der Waals surface area contributed by atoms with E-state index in [-0.39, 0.29) is 11.8 Å². The molecule has 0 aromatic carbocycles. The lowest BCUT2D eigenvalue weighted by atomic mass is 9.82. The van der Waals surface area contributed by atoms with Crippen molar-refractivity contribution in [1.82, 2.24) is 4.90 Å². The van der Waals surface area contributed by atoms with Gasteiger partial charge in [-0.2, -0.15) is 0 Å². The largest absolute Gasteiger partial charge is 0.334 e. The SMILES string of the molecule is C=CCN1C(=O)[C@@H]2[C@H]1[C@@H](C=C)C[C@H]2C=C. The summed E-state index contributed by atoms with van der Waals surface area (Å²) in [4.78, 5) is 13.8. The first kappa shape index (κ1) is 10.2. The maximum absolute atomic E-state index is 11.9. The predicted molar refractivity (Wildman–Crippen MR) is 61.2 cm³/mol. The van der Waals surface area contributed by atoms with E-state index in [1.807, 2.05) is 17.1 Å². The molecule has 0 aromatic heterocycles. The molecule has 1 saturated carbocycles. The molecule has 4 atom stereocenters. The molecule has 0 N–H and O–H groups in total. The molecule has 80 valence electrons. The lowest BCUT2D eigenvalue weighted by Crippen LogP contribution is -2.61. The zero-order valence-corrected chi connectivity index (χ0v) is 8.93. The summed E-state index contributed by atoms with van der Waals surface area (Å²) in [6.07, 6.45) is 6.70. The van der Waals surface area contributed by atoms with Crippen LogP contribution in [0.5, 0.6) is 0 Å². The van der Waals surface area contributed by atoms with Gasteiger partial charge in [-0.25, -0.2) is 0 Å². The molecule has 1 amide bonds. The lowest BCUT2D eigenvalue weighted by Gasteiger charge is -2.46. The second kappa shape index (κ2) is 3.69.